The summed E-state index contributed by atoms with van der Waals surface area (Å²) in [5.41, 5.74) is 1.17. The van der Waals surface area contributed by atoms with Crippen LogP contribution in [0.3, 0.4) is 0 Å². The highest BCUT2D eigenvalue weighted by Gasteiger charge is 2.11. The van der Waals surface area contributed by atoms with E-state index in [0.717, 1.165) is 38.3 Å². The highest BCUT2D eigenvalue weighted by molar-refractivity contribution is 5.30. The van der Waals surface area contributed by atoms with Crippen LogP contribution in [0.5, 0.6) is 5.75 Å². The molecule has 0 heterocycles. The monoisotopic (exact) mass is 251 g/mol. The van der Waals surface area contributed by atoms with E-state index in [9.17, 15) is 0 Å². The summed E-state index contributed by atoms with van der Waals surface area (Å²) in [5, 5.41) is 3.41. The minimum atomic E-state index is 0.103. The number of methoxy groups -OCH3 is 1. The molecule has 102 valence electrons. The Hall–Kier alpha value is -1.06. The van der Waals surface area contributed by atoms with Crippen LogP contribution in [-0.2, 0) is 4.74 Å². The molecule has 1 atom stereocenters. The SMILES string of the molecule is CCCNCC(OCCC)c1cccc(OC)c1. The summed E-state index contributed by atoms with van der Waals surface area (Å²) < 4.78 is 11.2. The van der Waals surface area contributed by atoms with Gasteiger partial charge in [-0.15, -0.1) is 0 Å². The number of benzene rings is 1. The maximum Gasteiger partial charge on any atom is 0.119 e. The van der Waals surface area contributed by atoms with E-state index in [2.05, 4.69) is 25.2 Å². The van der Waals surface area contributed by atoms with Crippen molar-refractivity contribution in [3.63, 3.8) is 0 Å². The summed E-state index contributed by atoms with van der Waals surface area (Å²) in [7, 11) is 1.69. The van der Waals surface area contributed by atoms with Crippen molar-refractivity contribution < 1.29 is 9.47 Å². The molecule has 0 bridgehead atoms. The molecule has 0 aromatic heterocycles. The van der Waals surface area contributed by atoms with Crippen molar-refractivity contribution in [3.8, 4) is 5.75 Å². The van der Waals surface area contributed by atoms with Gasteiger partial charge in [0.25, 0.3) is 0 Å². The van der Waals surface area contributed by atoms with Gasteiger partial charge in [-0.05, 0) is 37.1 Å². The van der Waals surface area contributed by atoms with E-state index in [1.165, 1.54) is 5.56 Å². The van der Waals surface area contributed by atoms with Crippen molar-refractivity contribution in [2.45, 2.75) is 32.8 Å². The molecule has 1 rings (SSSR count). The standard InChI is InChI=1S/C15H25NO2/c1-4-9-16-12-15(18-10-5-2)13-7-6-8-14(11-13)17-3/h6-8,11,15-16H,4-5,9-10,12H2,1-3H3. The van der Waals surface area contributed by atoms with Crippen LogP contribution in [0.15, 0.2) is 24.3 Å². The van der Waals surface area contributed by atoms with Gasteiger partial charge in [-0.2, -0.15) is 0 Å². The maximum atomic E-state index is 5.91. The van der Waals surface area contributed by atoms with E-state index >= 15 is 0 Å². The average Bonchev–Trinajstić information content (AvgIpc) is 2.42. The van der Waals surface area contributed by atoms with Crippen LogP contribution >= 0.6 is 0 Å². The largest absolute Gasteiger partial charge is 0.497 e. The zero-order valence-corrected chi connectivity index (χ0v) is 11.7. The van der Waals surface area contributed by atoms with Crippen LogP contribution in [-0.4, -0.2) is 26.8 Å². The van der Waals surface area contributed by atoms with Gasteiger partial charge < -0.3 is 14.8 Å². The van der Waals surface area contributed by atoms with Crippen molar-refractivity contribution >= 4 is 0 Å². The first-order valence-electron chi connectivity index (χ1n) is 6.78. The number of hydrogen-bond donors (Lipinski definition) is 1. The van der Waals surface area contributed by atoms with Gasteiger partial charge in [0.15, 0.2) is 0 Å². The quantitative estimate of drug-likeness (QED) is 0.684. The van der Waals surface area contributed by atoms with Gasteiger partial charge in [-0.3, -0.25) is 0 Å². The lowest BCUT2D eigenvalue weighted by Gasteiger charge is -2.19. The van der Waals surface area contributed by atoms with Crippen molar-refractivity contribution in [2.75, 3.05) is 26.8 Å². The van der Waals surface area contributed by atoms with Gasteiger partial charge in [0.2, 0.25) is 0 Å². The fourth-order valence-electron chi connectivity index (χ4n) is 1.78. The predicted molar refractivity (Wildman–Crippen MR) is 75.1 cm³/mol. The highest BCUT2D eigenvalue weighted by Crippen LogP contribution is 2.21. The first-order valence-corrected chi connectivity index (χ1v) is 6.78. The lowest BCUT2D eigenvalue weighted by molar-refractivity contribution is 0.0530. The molecule has 1 aromatic carbocycles. The second-order valence-electron chi connectivity index (χ2n) is 4.34. The van der Waals surface area contributed by atoms with Crippen LogP contribution in [0.1, 0.15) is 38.4 Å². The van der Waals surface area contributed by atoms with Crippen molar-refractivity contribution in [1.29, 1.82) is 0 Å². The molecule has 0 aliphatic heterocycles. The lowest BCUT2D eigenvalue weighted by atomic mass is 10.1. The summed E-state index contributed by atoms with van der Waals surface area (Å²) in [6.45, 7) is 6.95. The van der Waals surface area contributed by atoms with Crippen LogP contribution in [0.4, 0.5) is 0 Å². The smallest absolute Gasteiger partial charge is 0.119 e. The predicted octanol–water partition coefficient (Wildman–Crippen LogP) is 3.16. The van der Waals surface area contributed by atoms with E-state index < -0.39 is 0 Å². The fourth-order valence-corrected chi connectivity index (χ4v) is 1.78. The first-order chi connectivity index (χ1) is 8.81. The summed E-state index contributed by atoms with van der Waals surface area (Å²) in [6, 6.07) is 8.11. The van der Waals surface area contributed by atoms with E-state index in [1.807, 2.05) is 18.2 Å². The molecule has 1 N–H and O–H groups in total. The normalized spacial score (nSPS) is 12.4. The Balaban J connectivity index is 2.66. The molecule has 0 amide bonds. The zero-order valence-electron chi connectivity index (χ0n) is 11.7. The Labute approximate surface area is 110 Å². The molecular formula is C15H25NO2. The summed E-state index contributed by atoms with van der Waals surface area (Å²) >= 11 is 0. The van der Waals surface area contributed by atoms with Gasteiger partial charge >= 0.3 is 0 Å². The summed E-state index contributed by atoms with van der Waals surface area (Å²) in [4.78, 5) is 0. The lowest BCUT2D eigenvalue weighted by Crippen LogP contribution is -2.24. The molecular weight excluding hydrogens is 226 g/mol. The van der Waals surface area contributed by atoms with Gasteiger partial charge in [-0.25, -0.2) is 0 Å². The van der Waals surface area contributed by atoms with Gasteiger partial charge in [0.1, 0.15) is 5.75 Å². The average molecular weight is 251 g/mol. The molecule has 0 aliphatic rings. The van der Waals surface area contributed by atoms with Gasteiger partial charge in [0.05, 0.1) is 13.2 Å². The summed E-state index contributed by atoms with van der Waals surface area (Å²) in [5.74, 6) is 0.882. The molecule has 1 unspecified atom stereocenters. The number of hydrogen-bond acceptors (Lipinski definition) is 3. The van der Waals surface area contributed by atoms with E-state index in [4.69, 9.17) is 9.47 Å². The fraction of sp³-hybridized carbons (Fsp3) is 0.600. The maximum absolute atomic E-state index is 5.91. The Morgan fingerprint density at radius 1 is 1.22 bits per heavy atom. The highest BCUT2D eigenvalue weighted by atomic mass is 16.5. The zero-order chi connectivity index (χ0) is 13.2. The minimum Gasteiger partial charge on any atom is -0.497 e. The molecule has 0 aliphatic carbocycles. The van der Waals surface area contributed by atoms with Crippen LogP contribution in [0.25, 0.3) is 0 Å². The van der Waals surface area contributed by atoms with E-state index in [-0.39, 0.29) is 6.10 Å². The van der Waals surface area contributed by atoms with Crippen LogP contribution < -0.4 is 10.1 Å². The van der Waals surface area contributed by atoms with E-state index in [0.29, 0.717) is 0 Å². The second kappa shape index (κ2) is 8.95. The molecule has 18 heavy (non-hydrogen) atoms. The molecule has 1 aromatic rings. The second-order valence-corrected chi connectivity index (χ2v) is 4.34. The molecule has 3 heteroatoms. The van der Waals surface area contributed by atoms with Crippen LogP contribution in [0, 0.1) is 0 Å². The Morgan fingerprint density at radius 2 is 2.06 bits per heavy atom. The Kier molecular flexibility index (Phi) is 7.46. The Morgan fingerprint density at radius 3 is 2.72 bits per heavy atom. The van der Waals surface area contributed by atoms with Crippen molar-refractivity contribution in [1.82, 2.24) is 5.32 Å². The third-order valence-corrected chi connectivity index (χ3v) is 2.75. The third kappa shape index (κ3) is 5.07. The molecule has 0 saturated carbocycles. The topological polar surface area (TPSA) is 30.5 Å². The first kappa shape index (κ1) is 15.0. The Bertz CT molecular complexity index is 328. The molecule has 0 fully saturated rings. The molecule has 0 radical (unpaired) electrons. The van der Waals surface area contributed by atoms with E-state index in [1.54, 1.807) is 7.11 Å². The molecule has 3 nitrogen and oxygen atoms in total. The van der Waals surface area contributed by atoms with Gasteiger partial charge in [0, 0.05) is 13.2 Å². The molecule has 0 saturated heterocycles. The minimum absolute atomic E-state index is 0.103. The number of rotatable bonds is 9. The van der Waals surface area contributed by atoms with Gasteiger partial charge in [-0.1, -0.05) is 26.0 Å². The summed E-state index contributed by atoms with van der Waals surface area (Å²) in [6.07, 6.45) is 2.28. The van der Waals surface area contributed by atoms with Crippen molar-refractivity contribution in [2.24, 2.45) is 0 Å². The number of ether oxygens (including phenoxy) is 2. The number of nitrogens with one attached hydrogen (secondary N) is 1. The van der Waals surface area contributed by atoms with Crippen LogP contribution in [0.2, 0.25) is 0 Å². The van der Waals surface area contributed by atoms with Crippen molar-refractivity contribution in [3.05, 3.63) is 29.8 Å². The molecule has 0 spiro atoms. The third-order valence-electron chi connectivity index (χ3n) is 2.75.